The molecule has 1 aromatic heterocycles. The van der Waals surface area contributed by atoms with Crippen molar-refractivity contribution in [3.63, 3.8) is 0 Å². The summed E-state index contributed by atoms with van der Waals surface area (Å²) in [7, 11) is 1.86. The number of morpholine rings is 1. The smallest absolute Gasteiger partial charge is 0.193 e. The Hall–Kier alpha value is -2.05. The number of aliphatic imine (C=N–C) groups is 1. The minimum Gasteiger partial charge on any atom is -0.375 e. The summed E-state index contributed by atoms with van der Waals surface area (Å²) in [5.74, 6) is 0.971. The normalized spacial score (nSPS) is 23.9. The SMILES string of the molecule is CN=C(NCCCn1ccc2ccccc21)N1CCOC(C2CCCO2)C1. The van der Waals surface area contributed by atoms with E-state index in [0.29, 0.717) is 0 Å². The summed E-state index contributed by atoms with van der Waals surface area (Å²) in [6.07, 6.45) is 5.88. The van der Waals surface area contributed by atoms with Crippen molar-refractivity contribution >= 4 is 16.9 Å². The molecule has 1 aromatic carbocycles. The number of ether oxygens (including phenoxy) is 2. The maximum absolute atomic E-state index is 5.95. The molecule has 27 heavy (non-hydrogen) atoms. The second-order valence-electron chi connectivity index (χ2n) is 7.30. The zero-order valence-electron chi connectivity index (χ0n) is 16.1. The highest BCUT2D eigenvalue weighted by Gasteiger charge is 2.32. The third kappa shape index (κ3) is 4.28. The Morgan fingerprint density at radius 2 is 2.07 bits per heavy atom. The number of para-hydroxylation sites is 1. The van der Waals surface area contributed by atoms with Crippen LogP contribution in [0.2, 0.25) is 0 Å². The van der Waals surface area contributed by atoms with Crippen LogP contribution in [0.15, 0.2) is 41.5 Å². The lowest BCUT2D eigenvalue weighted by atomic mass is 10.1. The van der Waals surface area contributed by atoms with Crippen LogP contribution < -0.4 is 5.32 Å². The van der Waals surface area contributed by atoms with Gasteiger partial charge in [-0.15, -0.1) is 0 Å². The average Bonchev–Trinajstić information content (AvgIpc) is 3.39. The molecular weight excluding hydrogens is 340 g/mol. The fourth-order valence-electron chi connectivity index (χ4n) is 4.11. The lowest BCUT2D eigenvalue weighted by Gasteiger charge is -2.37. The Bertz CT molecular complexity index is 766. The third-order valence-corrected chi connectivity index (χ3v) is 5.52. The summed E-state index contributed by atoms with van der Waals surface area (Å²) in [6, 6.07) is 10.7. The van der Waals surface area contributed by atoms with Crippen LogP contribution in [0, 0.1) is 0 Å². The fraction of sp³-hybridized carbons (Fsp3) is 0.571. The molecule has 2 aliphatic rings. The number of nitrogens with one attached hydrogen (secondary N) is 1. The van der Waals surface area contributed by atoms with Crippen LogP contribution in [0.3, 0.4) is 0 Å². The van der Waals surface area contributed by atoms with E-state index in [4.69, 9.17) is 9.47 Å². The Balaban J connectivity index is 1.26. The number of aryl methyl sites for hydroxylation is 1. The van der Waals surface area contributed by atoms with Crippen molar-refractivity contribution in [3.8, 4) is 0 Å². The summed E-state index contributed by atoms with van der Waals surface area (Å²) in [5, 5.41) is 4.83. The Kier molecular flexibility index (Phi) is 5.94. The lowest BCUT2D eigenvalue weighted by molar-refractivity contribution is -0.0816. The molecule has 0 spiro atoms. The van der Waals surface area contributed by atoms with Gasteiger partial charge >= 0.3 is 0 Å². The fourth-order valence-corrected chi connectivity index (χ4v) is 4.11. The van der Waals surface area contributed by atoms with Gasteiger partial charge in [-0.3, -0.25) is 4.99 Å². The molecule has 4 rings (SSSR count). The summed E-state index contributed by atoms with van der Waals surface area (Å²) < 4.78 is 14.1. The first-order valence-electron chi connectivity index (χ1n) is 10.1. The summed E-state index contributed by atoms with van der Waals surface area (Å²) in [4.78, 5) is 6.79. The molecule has 0 radical (unpaired) electrons. The van der Waals surface area contributed by atoms with Crippen LogP contribution in [0.25, 0.3) is 10.9 Å². The van der Waals surface area contributed by atoms with Gasteiger partial charge in [-0.05, 0) is 36.8 Å². The van der Waals surface area contributed by atoms with E-state index in [1.54, 1.807) is 0 Å². The highest BCUT2D eigenvalue weighted by Crippen LogP contribution is 2.21. The molecule has 146 valence electrons. The molecule has 0 bridgehead atoms. The molecule has 1 N–H and O–H groups in total. The molecule has 2 aromatic rings. The first-order chi connectivity index (χ1) is 13.3. The molecule has 2 unspecified atom stereocenters. The highest BCUT2D eigenvalue weighted by atomic mass is 16.5. The first-order valence-corrected chi connectivity index (χ1v) is 10.1. The van der Waals surface area contributed by atoms with Crippen molar-refractivity contribution in [2.24, 2.45) is 4.99 Å². The second-order valence-corrected chi connectivity index (χ2v) is 7.30. The zero-order chi connectivity index (χ0) is 18.5. The van der Waals surface area contributed by atoms with Gasteiger partial charge in [0.25, 0.3) is 0 Å². The van der Waals surface area contributed by atoms with Crippen LogP contribution in [-0.2, 0) is 16.0 Å². The molecule has 6 nitrogen and oxygen atoms in total. The Labute approximate surface area is 161 Å². The molecule has 2 aliphatic heterocycles. The minimum absolute atomic E-state index is 0.158. The van der Waals surface area contributed by atoms with E-state index < -0.39 is 0 Å². The summed E-state index contributed by atoms with van der Waals surface area (Å²) >= 11 is 0. The molecule has 0 saturated carbocycles. The predicted molar refractivity (Wildman–Crippen MR) is 108 cm³/mol. The average molecular weight is 370 g/mol. The van der Waals surface area contributed by atoms with E-state index in [9.17, 15) is 0 Å². The van der Waals surface area contributed by atoms with Crippen molar-refractivity contribution in [2.45, 2.75) is 38.0 Å². The molecule has 0 amide bonds. The number of guanidine groups is 1. The minimum atomic E-state index is 0.158. The maximum atomic E-state index is 5.95. The standard InChI is InChI=1S/C21H30N4O2/c1-22-21(25-13-15-27-20(16-25)19-8-4-14-26-19)23-10-5-11-24-12-9-17-6-2-3-7-18(17)24/h2-3,6-7,9,12,19-20H,4-5,8,10-11,13-16H2,1H3,(H,22,23). The number of fused-ring (bicyclic) bond motifs is 1. The zero-order valence-corrected chi connectivity index (χ0v) is 16.1. The number of benzene rings is 1. The van der Waals surface area contributed by atoms with Gasteiger partial charge in [-0.25, -0.2) is 0 Å². The van der Waals surface area contributed by atoms with Crippen molar-refractivity contribution < 1.29 is 9.47 Å². The highest BCUT2D eigenvalue weighted by molar-refractivity contribution is 5.80. The van der Waals surface area contributed by atoms with Crippen molar-refractivity contribution in [1.29, 1.82) is 0 Å². The van der Waals surface area contributed by atoms with Gasteiger partial charge in [0.1, 0.15) is 6.10 Å². The predicted octanol–water partition coefficient (Wildman–Crippen LogP) is 2.49. The molecule has 2 fully saturated rings. The Morgan fingerprint density at radius 3 is 2.93 bits per heavy atom. The second kappa shape index (κ2) is 8.76. The van der Waals surface area contributed by atoms with Gasteiger partial charge in [0.2, 0.25) is 0 Å². The quantitative estimate of drug-likeness (QED) is 0.499. The van der Waals surface area contributed by atoms with Crippen LogP contribution in [0.4, 0.5) is 0 Å². The number of rotatable bonds is 5. The molecular formula is C21H30N4O2. The molecule has 2 saturated heterocycles. The molecule has 3 heterocycles. The van der Waals surface area contributed by atoms with Gasteiger partial charge in [-0.1, -0.05) is 18.2 Å². The summed E-state index contributed by atoms with van der Waals surface area (Å²) in [5.41, 5.74) is 1.30. The first kappa shape index (κ1) is 18.3. The Morgan fingerprint density at radius 1 is 1.19 bits per heavy atom. The van der Waals surface area contributed by atoms with Crippen LogP contribution in [0.5, 0.6) is 0 Å². The van der Waals surface area contributed by atoms with Crippen molar-refractivity contribution in [1.82, 2.24) is 14.8 Å². The van der Waals surface area contributed by atoms with Gasteiger partial charge in [-0.2, -0.15) is 0 Å². The topological polar surface area (TPSA) is 51.0 Å². The largest absolute Gasteiger partial charge is 0.375 e. The summed E-state index contributed by atoms with van der Waals surface area (Å²) in [6.45, 7) is 5.24. The van der Waals surface area contributed by atoms with E-state index in [1.807, 2.05) is 7.05 Å². The molecule has 6 heteroatoms. The van der Waals surface area contributed by atoms with Crippen LogP contribution in [-0.4, -0.2) is 67.5 Å². The molecule has 0 aliphatic carbocycles. The van der Waals surface area contributed by atoms with Gasteiger partial charge in [0.15, 0.2) is 5.96 Å². The monoisotopic (exact) mass is 370 g/mol. The molecule has 2 atom stereocenters. The van der Waals surface area contributed by atoms with E-state index in [2.05, 4.69) is 56.3 Å². The van der Waals surface area contributed by atoms with Gasteiger partial charge in [0, 0.05) is 51.5 Å². The van der Waals surface area contributed by atoms with E-state index in [0.717, 1.165) is 64.6 Å². The van der Waals surface area contributed by atoms with Gasteiger partial charge < -0.3 is 24.3 Å². The van der Waals surface area contributed by atoms with E-state index in [-0.39, 0.29) is 12.2 Å². The van der Waals surface area contributed by atoms with E-state index in [1.165, 1.54) is 10.9 Å². The van der Waals surface area contributed by atoms with Crippen molar-refractivity contribution in [2.75, 3.05) is 39.9 Å². The number of hydrogen-bond donors (Lipinski definition) is 1. The lowest BCUT2D eigenvalue weighted by Crippen LogP contribution is -2.53. The van der Waals surface area contributed by atoms with E-state index >= 15 is 0 Å². The third-order valence-electron chi connectivity index (χ3n) is 5.52. The van der Waals surface area contributed by atoms with Crippen LogP contribution in [0.1, 0.15) is 19.3 Å². The maximum Gasteiger partial charge on any atom is 0.193 e. The van der Waals surface area contributed by atoms with Gasteiger partial charge in [0.05, 0.1) is 12.7 Å². The number of aromatic nitrogens is 1. The number of nitrogens with zero attached hydrogens (tertiary/aromatic N) is 3. The van der Waals surface area contributed by atoms with Crippen molar-refractivity contribution in [3.05, 3.63) is 36.5 Å². The van der Waals surface area contributed by atoms with Crippen LogP contribution >= 0.6 is 0 Å². The number of hydrogen-bond acceptors (Lipinski definition) is 3.